The van der Waals surface area contributed by atoms with Gasteiger partial charge < -0.3 is 10.2 Å². The van der Waals surface area contributed by atoms with E-state index in [1.165, 1.54) is 0 Å². The molecule has 2 fully saturated rings. The molecule has 1 saturated carbocycles. The number of carbonyl (C=O) groups is 3. The van der Waals surface area contributed by atoms with Gasteiger partial charge in [-0.2, -0.15) is 0 Å². The van der Waals surface area contributed by atoms with Crippen molar-refractivity contribution in [2.45, 2.75) is 52.5 Å². The molecule has 0 bridgehead atoms. The van der Waals surface area contributed by atoms with E-state index in [-0.39, 0.29) is 23.8 Å². The highest BCUT2D eigenvalue weighted by Crippen LogP contribution is 2.46. The first kappa shape index (κ1) is 21.3. The van der Waals surface area contributed by atoms with Crippen LogP contribution in [0.3, 0.4) is 0 Å². The van der Waals surface area contributed by atoms with E-state index in [2.05, 4.69) is 26.1 Å². The highest BCUT2D eigenvalue weighted by atomic mass is 16.2. The number of benzene rings is 2. The summed E-state index contributed by atoms with van der Waals surface area (Å²) in [5.41, 5.74) is -0.145. The Balaban J connectivity index is 1.59. The number of nitrogens with one attached hydrogen (secondary N) is 1. The average molecular weight is 422 g/mol. The third kappa shape index (κ3) is 3.80. The molecular weight excluding hydrogens is 390 g/mol. The Morgan fingerprint density at radius 3 is 2.55 bits per heavy atom. The van der Waals surface area contributed by atoms with Gasteiger partial charge in [0.15, 0.2) is 0 Å². The molecule has 6 nitrogen and oxygen atoms in total. The molecule has 0 aromatic heterocycles. The zero-order valence-electron chi connectivity index (χ0n) is 18.8. The van der Waals surface area contributed by atoms with E-state index < -0.39 is 11.6 Å². The fourth-order valence-corrected chi connectivity index (χ4v) is 5.79. The van der Waals surface area contributed by atoms with Crippen molar-refractivity contribution in [1.82, 2.24) is 10.2 Å². The minimum atomic E-state index is -0.894. The van der Waals surface area contributed by atoms with Gasteiger partial charge in [-0.05, 0) is 49.0 Å². The number of likely N-dealkylation sites (N-methyl/N-ethyl adjacent to an activating group) is 1. The van der Waals surface area contributed by atoms with E-state index >= 15 is 0 Å². The number of hydrogen-bond donors (Lipinski definition) is 1. The maximum atomic E-state index is 13.4. The van der Waals surface area contributed by atoms with Crippen molar-refractivity contribution in [3.63, 3.8) is 0 Å². The van der Waals surface area contributed by atoms with Gasteiger partial charge in [0.2, 0.25) is 5.91 Å². The van der Waals surface area contributed by atoms with Crippen LogP contribution in [0.4, 0.5) is 10.5 Å². The highest BCUT2D eigenvalue weighted by Gasteiger charge is 2.56. The summed E-state index contributed by atoms with van der Waals surface area (Å²) in [7, 11) is 0. The van der Waals surface area contributed by atoms with Gasteiger partial charge in [-0.1, -0.05) is 57.2 Å². The van der Waals surface area contributed by atoms with Crippen LogP contribution in [0.25, 0.3) is 10.8 Å². The smallest absolute Gasteiger partial charge is 0.323 e. The van der Waals surface area contributed by atoms with Crippen molar-refractivity contribution in [2.24, 2.45) is 11.3 Å². The van der Waals surface area contributed by atoms with E-state index in [9.17, 15) is 14.4 Å². The average Bonchev–Trinajstić information content (AvgIpc) is 2.90. The third-order valence-corrected chi connectivity index (χ3v) is 6.59. The fraction of sp³-hybridized carbons (Fsp3) is 0.480. The molecular formula is C25H31N3O3. The van der Waals surface area contributed by atoms with Gasteiger partial charge in [0.05, 0.1) is 5.69 Å². The molecule has 0 radical (unpaired) electrons. The van der Waals surface area contributed by atoms with Crippen LogP contribution >= 0.6 is 0 Å². The summed E-state index contributed by atoms with van der Waals surface area (Å²) in [6.45, 7) is 8.49. The van der Waals surface area contributed by atoms with Crippen LogP contribution < -0.4 is 10.2 Å². The second-order valence-electron chi connectivity index (χ2n) is 9.89. The summed E-state index contributed by atoms with van der Waals surface area (Å²) >= 11 is 0. The molecule has 4 amide bonds. The largest absolute Gasteiger partial charge is 0.325 e. The SMILES string of the molecule is CCN(C(=O)CN1C(=O)NC2(CC(C)CC(C)(C)C2)C1=O)c1cccc2ccccc12. The molecule has 31 heavy (non-hydrogen) atoms. The molecule has 1 spiro atoms. The fourth-order valence-electron chi connectivity index (χ4n) is 5.79. The van der Waals surface area contributed by atoms with Gasteiger partial charge in [-0.3, -0.25) is 14.5 Å². The lowest BCUT2D eigenvalue weighted by atomic mass is 9.64. The van der Waals surface area contributed by atoms with Crippen LogP contribution in [-0.4, -0.2) is 41.4 Å². The van der Waals surface area contributed by atoms with Crippen molar-refractivity contribution in [2.75, 3.05) is 18.0 Å². The number of carbonyl (C=O) groups excluding carboxylic acids is 3. The number of anilines is 1. The van der Waals surface area contributed by atoms with Crippen molar-refractivity contribution < 1.29 is 14.4 Å². The first-order chi connectivity index (χ1) is 14.7. The monoisotopic (exact) mass is 421 g/mol. The minimum Gasteiger partial charge on any atom is -0.323 e. The van der Waals surface area contributed by atoms with Crippen LogP contribution in [0.1, 0.15) is 47.0 Å². The van der Waals surface area contributed by atoms with Crippen LogP contribution in [-0.2, 0) is 9.59 Å². The van der Waals surface area contributed by atoms with Gasteiger partial charge in [0.1, 0.15) is 12.1 Å². The predicted molar refractivity (Wildman–Crippen MR) is 122 cm³/mol. The normalized spacial score (nSPS) is 25.2. The Hall–Kier alpha value is -2.89. The second kappa shape index (κ2) is 7.66. The van der Waals surface area contributed by atoms with Crippen molar-refractivity contribution >= 4 is 34.3 Å². The van der Waals surface area contributed by atoms with E-state index in [4.69, 9.17) is 0 Å². The van der Waals surface area contributed by atoms with E-state index in [0.29, 0.717) is 25.3 Å². The molecule has 1 aliphatic carbocycles. The zero-order valence-corrected chi connectivity index (χ0v) is 18.8. The van der Waals surface area contributed by atoms with Crippen LogP contribution in [0.5, 0.6) is 0 Å². The molecule has 1 saturated heterocycles. The van der Waals surface area contributed by atoms with E-state index in [0.717, 1.165) is 27.8 Å². The van der Waals surface area contributed by atoms with Gasteiger partial charge in [-0.25, -0.2) is 4.79 Å². The Morgan fingerprint density at radius 2 is 1.84 bits per heavy atom. The number of imide groups is 1. The first-order valence-electron chi connectivity index (χ1n) is 11.1. The molecule has 4 rings (SSSR count). The van der Waals surface area contributed by atoms with E-state index in [1.54, 1.807) is 4.90 Å². The summed E-state index contributed by atoms with van der Waals surface area (Å²) in [5, 5.41) is 4.96. The van der Waals surface area contributed by atoms with Crippen molar-refractivity contribution in [3.8, 4) is 0 Å². The standard InChI is InChI=1S/C25H31N3O3/c1-5-27(20-12-8-10-18-9-6-7-11-19(18)20)21(29)15-28-22(30)25(26-23(28)31)14-17(2)13-24(3,4)16-25/h6-12,17H,5,13-16H2,1-4H3,(H,26,31). The zero-order chi connectivity index (χ0) is 22.4. The minimum absolute atomic E-state index is 0.0426. The number of hydrogen-bond acceptors (Lipinski definition) is 3. The van der Waals surface area contributed by atoms with Crippen LogP contribution in [0.15, 0.2) is 42.5 Å². The summed E-state index contributed by atoms with van der Waals surface area (Å²) in [4.78, 5) is 42.2. The maximum Gasteiger partial charge on any atom is 0.325 e. The Morgan fingerprint density at radius 1 is 1.13 bits per heavy atom. The van der Waals surface area contributed by atoms with Gasteiger partial charge in [0.25, 0.3) is 5.91 Å². The van der Waals surface area contributed by atoms with Crippen LogP contribution in [0, 0.1) is 11.3 Å². The van der Waals surface area contributed by atoms with Gasteiger partial charge >= 0.3 is 6.03 Å². The lowest BCUT2D eigenvalue weighted by Gasteiger charge is -2.43. The first-order valence-corrected chi connectivity index (χ1v) is 11.1. The molecule has 2 aromatic carbocycles. The molecule has 164 valence electrons. The Kier molecular flexibility index (Phi) is 5.28. The van der Waals surface area contributed by atoms with E-state index in [1.807, 2.05) is 49.4 Å². The van der Waals surface area contributed by atoms with Gasteiger partial charge in [0, 0.05) is 11.9 Å². The molecule has 2 atom stereocenters. The summed E-state index contributed by atoms with van der Waals surface area (Å²) in [6, 6.07) is 13.3. The maximum absolute atomic E-state index is 13.4. The highest BCUT2D eigenvalue weighted by molar-refractivity contribution is 6.11. The molecule has 1 aliphatic heterocycles. The number of urea groups is 1. The molecule has 6 heteroatoms. The molecule has 2 aliphatic rings. The van der Waals surface area contributed by atoms with Gasteiger partial charge in [-0.15, -0.1) is 0 Å². The van der Waals surface area contributed by atoms with Crippen molar-refractivity contribution in [3.05, 3.63) is 42.5 Å². The molecule has 1 N–H and O–H groups in total. The lowest BCUT2D eigenvalue weighted by molar-refractivity contribution is -0.137. The number of rotatable bonds is 4. The summed E-state index contributed by atoms with van der Waals surface area (Å²) in [6.07, 6.45) is 2.23. The second-order valence-corrected chi connectivity index (χ2v) is 9.89. The number of fused-ring (bicyclic) bond motifs is 1. The Labute approximate surface area is 183 Å². The number of amides is 4. The summed E-state index contributed by atoms with van der Waals surface area (Å²) in [5.74, 6) is -0.201. The Bertz CT molecular complexity index is 1040. The molecule has 2 unspecified atom stereocenters. The summed E-state index contributed by atoms with van der Waals surface area (Å²) < 4.78 is 0. The molecule has 2 aromatic rings. The predicted octanol–water partition coefficient (Wildman–Crippen LogP) is 4.33. The molecule has 1 heterocycles. The number of nitrogens with zero attached hydrogens (tertiary/aromatic N) is 2. The topological polar surface area (TPSA) is 69.7 Å². The third-order valence-electron chi connectivity index (χ3n) is 6.59. The van der Waals surface area contributed by atoms with Crippen LogP contribution in [0.2, 0.25) is 0 Å². The van der Waals surface area contributed by atoms with Crippen molar-refractivity contribution in [1.29, 1.82) is 0 Å². The quantitative estimate of drug-likeness (QED) is 0.747. The lowest BCUT2D eigenvalue weighted by Crippen LogP contribution is -2.54.